The van der Waals surface area contributed by atoms with Crippen molar-refractivity contribution in [1.29, 1.82) is 0 Å². The zero-order valence-electron chi connectivity index (χ0n) is 16.3. The maximum atomic E-state index is 12.0. The van der Waals surface area contributed by atoms with Gasteiger partial charge in [-0.1, -0.05) is 5.92 Å². The smallest absolute Gasteiger partial charge is 0.386 e. The van der Waals surface area contributed by atoms with E-state index in [0.29, 0.717) is 0 Å². The van der Waals surface area contributed by atoms with Gasteiger partial charge in [-0.05, 0) is 0 Å². The fourth-order valence-electron chi connectivity index (χ4n) is 2.92. The normalized spacial score (nSPS) is 28.9. The SMILES string of the molecule is C#C[C@]1(O)C(n2cnc3c(=O)[nH]c(N)nc32)O[C@H](COP(=O)(O)OP(=O)(O)OP(=O)(O)O)[C@H]1O. The van der Waals surface area contributed by atoms with Gasteiger partial charge >= 0.3 is 23.5 Å². The third-order valence-electron chi connectivity index (χ3n) is 4.24. The summed E-state index contributed by atoms with van der Waals surface area (Å²) in [7, 11) is -16.9. The summed E-state index contributed by atoms with van der Waals surface area (Å²) < 4.78 is 51.8. The predicted octanol–water partition coefficient (Wildman–Crippen LogP) is -2.33. The molecule has 2 aromatic heterocycles. The molecule has 1 saturated heterocycles. The molecule has 3 rings (SSSR count). The Morgan fingerprint density at radius 3 is 2.50 bits per heavy atom. The second kappa shape index (κ2) is 8.90. The van der Waals surface area contributed by atoms with Crippen molar-refractivity contribution in [2.24, 2.45) is 0 Å². The number of nitrogen functional groups attached to an aromatic ring is 1. The molecule has 6 atom stereocenters. The number of terminal acetylenes is 1. The van der Waals surface area contributed by atoms with E-state index in [9.17, 15) is 33.6 Å². The number of aliphatic hydroxyl groups is 2. The molecule has 0 aliphatic carbocycles. The van der Waals surface area contributed by atoms with Crippen LogP contribution in [0.2, 0.25) is 0 Å². The number of ether oxygens (including phenoxy) is 1. The topological polar surface area (TPSA) is 299 Å². The molecular formula is C12H16N5O14P3. The molecule has 0 spiro atoms. The molecule has 22 heteroatoms. The van der Waals surface area contributed by atoms with Crippen molar-refractivity contribution in [3.63, 3.8) is 0 Å². The molecule has 0 bridgehead atoms. The Balaban J connectivity index is 1.83. The first-order valence-corrected chi connectivity index (χ1v) is 13.0. The standard InChI is InChI=1S/C12H16N5O14P3/c1-2-12(20)7(18)5(3-28-33(24,25)31-34(26,27)30-32(21,22)23)29-10(12)17-4-14-6-8(17)15-11(13)16-9(6)19/h1,4-5,7,10,18,20H,3H2,(H,24,25)(H,26,27)(H2,21,22,23)(H3,13,15,16,19)/t5-,7-,10?,12-/m1/s1. The van der Waals surface area contributed by atoms with Crippen LogP contribution < -0.4 is 11.3 Å². The van der Waals surface area contributed by atoms with Crippen molar-refractivity contribution in [2.75, 3.05) is 12.3 Å². The number of phosphoric ester groups is 1. The molecule has 0 radical (unpaired) electrons. The van der Waals surface area contributed by atoms with E-state index in [2.05, 4.69) is 28.1 Å². The molecule has 0 saturated carbocycles. The molecule has 19 nitrogen and oxygen atoms in total. The first kappa shape index (κ1) is 26.6. The van der Waals surface area contributed by atoms with Crippen molar-refractivity contribution >= 4 is 40.6 Å². The molecular weight excluding hydrogens is 531 g/mol. The van der Waals surface area contributed by atoms with Crippen molar-refractivity contribution < 1.29 is 61.4 Å². The fraction of sp³-hybridized carbons (Fsp3) is 0.417. The molecule has 188 valence electrons. The quantitative estimate of drug-likeness (QED) is 0.127. The van der Waals surface area contributed by atoms with Crippen LogP contribution in [-0.4, -0.2) is 73.7 Å². The summed E-state index contributed by atoms with van der Waals surface area (Å²) in [4.78, 5) is 57.6. The van der Waals surface area contributed by atoms with Crippen LogP contribution in [0.15, 0.2) is 11.1 Å². The third kappa shape index (κ3) is 5.46. The van der Waals surface area contributed by atoms with Crippen LogP contribution in [0.1, 0.15) is 6.23 Å². The van der Waals surface area contributed by atoms with Gasteiger partial charge in [-0.25, -0.2) is 18.7 Å². The van der Waals surface area contributed by atoms with Gasteiger partial charge in [-0.15, -0.1) is 6.42 Å². The van der Waals surface area contributed by atoms with E-state index < -0.39 is 59.7 Å². The Kier molecular flexibility index (Phi) is 6.96. The lowest BCUT2D eigenvalue weighted by atomic mass is 9.95. The van der Waals surface area contributed by atoms with Crippen LogP contribution in [0.3, 0.4) is 0 Å². The summed E-state index contributed by atoms with van der Waals surface area (Å²) in [6.45, 7) is -1.12. The number of nitrogens with zero attached hydrogens (tertiary/aromatic N) is 3. The largest absolute Gasteiger partial charge is 0.490 e. The zero-order chi connectivity index (χ0) is 25.7. The van der Waals surface area contributed by atoms with E-state index in [1.54, 1.807) is 0 Å². The van der Waals surface area contributed by atoms with E-state index in [-0.39, 0.29) is 17.1 Å². The molecule has 2 aromatic rings. The lowest BCUT2D eigenvalue weighted by molar-refractivity contribution is -0.0717. The van der Waals surface area contributed by atoms with Gasteiger partial charge in [0.05, 0.1) is 12.9 Å². The number of nitrogens with one attached hydrogen (secondary N) is 1. The van der Waals surface area contributed by atoms with Gasteiger partial charge in [0.1, 0.15) is 12.2 Å². The van der Waals surface area contributed by atoms with Gasteiger partial charge in [-0.3, -0.25) is 18.9 Å². The number of nitrogens with two attached hydrogens (primary N) is 1. The van der Waals surface area contributed by atoms with E-state index in [1.807, 2.05) is 5.92 Å². The van der Waals surface area contributed by atoms with Crippen LogP contribution in [0.25, 0.3) is 11.2 Å². The van der Waals surface area contributed by atoms with Crippen LogP contribution in [0, 0.1) is 12.3 Å². The average molecular weight is 547 g/mol. The third-order valence-corrected chi connectivity index (χ3v) is 8.04. The number of hydrogen-bond acceptors (Lipinski definition) is 13. The molecule has 34 heavy (non-hydrogen) atoms. The number of aromatic nitrogens is 4. The van der Waals surface area contributed by atoms with Gasteiger partial charge in [-0.2, -0.15) is 13.6 Å². The van der Waals surface area contributed by atoms with E-state index in [1.165, 1.54) is 0 Å². The Labute approximate surface area is 187 Å². The Morgan fingerprint density at radius 2 is 1.91 bits per heavy atom. The van der Waals surface area contributed by atoms with Gasteiger partial charge in [0.15, 0.2) is 23.0 Å². The van der Waals surface area contributed by atoms with E-state index in [4.69, 9.17) is 31.6 Å². The lowest BCUT2D eigenvalue weighted by Gasteiger charge is -2.26. The molecule has 1 aliphatic rings. The maximum absolute atomic E-state index is 12.0. The lowest BCUT2D eigenvalue weighted by Crippen LogP contribution is -2.45. The van der Waals surface area contributed by atoms with Crippen LogP contribution in [0.4, 0.5) is 5.95 Å². The van der Waals surface area contributed by atoms with Crippen molar-refractivity contribution in [3.8, 4) is 12.3 Å². The number of hydrogen-bond donors (Lipinski definition) is 8. The highest BCUT2D eigenvalue weighted by molar-refractivity contribution is 7.66. The number of rotatable bonds is 8. The summed E-state index contributed by atoms with van der Waals surface area (Å²) in [5, 5.41) is 21.3. The zero-order valence-corrected chi connectivity index (χ0v) is 19.0. The number of anilines is 1. The minimum atomic E-state index is -5.78. The van der Waals surface area contributed by atoms with Gasteiger partial charge in [0, 0.05) is 0 Å². The Hall–Kier alpha value is -2.00. The van der Waals surface area contributed by atoms with Gasteiger partial charge < -0.3 is 40.3 Å². The summed E-state index contributed by atoms with van der Waals surface area (Å²) in [6.07, 6.45) is 0.895. The molecule has 1 aliphatic heterocycles. The Morgan fingerprint density at radius 1 is 1.26 bits per heavy atom. The minimum absolute atomic E-state index is 0.208. The van der Waals surface area contributed by atoms with Gasteiger partial charge in [0.2, 0.25) is 5.95 Å². The van der Waals surface area contributed by atoms with Crippen LogP contribution in [-0.2, 0) is 31.6 Å². The fourth-order valence-corrected chi connectivity index (χ4v) is 5.95. The number of imidazole rings is 1. The highest BCUT2D eigenvalue weighted by atomic mass is 31.3. The molecule has 0 amide bonds. The van der Waals surface area contributed by atoms with Crippen LogP contribution in [0.5, 0.6) is 0 Å². The van der Waals surface area contributed by atoms with Gasteiger partial charge in [0.25, 0.3) is 5.56 Å². The summed E-state index contributed by atoms with van der Waals surface area (Å²) >= 11 is 0. The first-order chi connectivity index (χ1) is 15.5. The number of aliphatic hydroxyl groups excluding tert-OH is 1. The highest BCUT2D eigenvalue weighted by Crippen LogP contribution is 2.66. The molecule has 3 heterocycles. The molecule has 1 fully saturated rings. The minimum Gasteiger partial charge on any atom is -0.386 e. The number of H-pyrrole nitrogens is 1. The van der Waals surface area contributed by atoms with E-state index in [0.717, 1.165) is 10.9 Å². The monoisotopic (exact) mass is 547 g/mol. The molecule has 9 N–H and O–H groups in total. The van der Waals surface area contributed by atoms with E-state index >= 15 is 0 Å². The van der Waals surface area contributed by atoms with Crippen molar-refractivity contribution in [3.05, 3.63) is 16.7 Å². The maximum Gasteiger partial charge on any atom is 0.490 e. The molecule has 0 aromatic carbocycles. The summed E-state index contributed by atoms with van der Waals surface area (Å²) in [5.41, 5.74) is 1.77. The predicted molar refractivity (Wildman–Crippen MR) is 106 cm³/mol. The second-order valence-corrected chi connectivity index (χ2v) is 11.0. The number of phosphoric acid groups is 3. The van der Waals surface area contributed by atoms with Crippen molar-refractivity contribution in [2.45, 2.75) is 24.0 Å². The second-order valence-electron chi connectivity index (χ2n) is 6.60. The number of aromatic amines is 1. The Bertz CT molecular complexity index is 1350. The summed E-state index contributed by atoms with van der Waals surface area (Å²) in [5.74, 6) is 1.56. The average Bonchev–Trinajstić information content (AvgIpc) is 3.17. The first-order valence-electron chi connectivity index (χ1n) is 8.52. The summed E-state index contributed by atoms with van der Waals surface area (Å²) in [6, 6.07) is 0. The highest BCUT2D eigenvalue weighted by Gasteiger charge is 2.56. The van der Waals surface area contributed by atoms with Crippen molar-refractivity contribution in [1.82, 2.24) is 19.5 Å². The van der Waals surface area contributed by atoms with Crippen LogP contribution >= 0.6 is 23.5 Å². The number of fused-ring (bicyclic) bond motifs is 1. The molecule has 3 unspecified atom stereocenters.